The second-order valence-electron chi connectivity index (χ2n) is 2.34. The van der Waals surface area contributed by atoms with Crippen LogP contribution < -0.4 is 5.32 Å². The minimum Gasteiger partial charge on any atom is -0.361 e. The Labute approximate surface area is 64.6 Å². The minimum absolute atomic E-state index is 0.0642. The van der Waals surface area contributed by atoms with E-state index < -0.39 is 0 Å². The molecule has 0 bridgehead atoms. The Hall–Kier alpha value is -1.32. The van der Waals surface area contributed by atoms with Crippen molar-refractivity contribution in [3.63, 3.8) is 0 Å². The lowest BCUT2D eigenvalue weighted by Crippen LogP contribution is -2.18. The third kappa shape index (κ3) is 2.41. The number of hydrogen-bond donors (Lipinski definition) is 1. The van der Waals surface area contributed by atoms with E-state index in [4.69, 9.17) is 4.52 Å². The third-order valence-electron chi connectivity index (χ3n) is 1.20. The predicted molar refractivity (Wildman–Crippen MR) is 38.8 cm³/mol. The van der Waals surface area contributed by atoms with Crippen molar-refractivity contribution in [2.24, 2.45) is 0 Å². The number of carbonyl (C=O) groups is 1. The Bertz CT molecular complexity index is 255. The quantitative estimate of drug-likeness (QED) is 0.679. The molecule has 4 nitrogen and oxygen atoms in total. The number of nitrogens with zero attached hydrogens (tertiary/aromatic N) is 1. The van der Waals surface area contributed by atoms with E-state index in [0.717, 1.165) is 11.5 Å². The van der Waals surface area contributed by atoms with E-state index in [1.807, 2.05) is 6.92 Å². The summed E-state index contributed by atoms with van der Waals surface area (Å²) in [4.78, 5) is 10.5. The lowest BCUT2D eigenvalue weighted by molar-refractivity contribution is -0.119. The maximum absolute atomic E-state index is 10.5. The molecule has 0 fully saturated rings. The first kappa shape index (κ1) is 7.78. The van der Waals surface area contributed by atoms with E-state index in [1.165, 1.54) is 6.92 Å². The van der Waals surface area contributed by atoms with Gasteiger partial charge in [-0.05, 0) is 6.92 Å². The molecule has 1 aromatic heterocycles. The summed E-state index contributed by atoms with van der Waals surface area (Å²) in [6, 6.07) is 1.79. The van der Waals surface area contributed by atoms with Crippen LogP contribution in [0.3, 0.4) is 0 Å². The largest absolute Gasteiger partial charge is 0.361 e. The normalized spacial score (nSPS) is 9.64. The van der Waals surface area contributed by atoms with Gasteiger partial charge in [-0.25, -0.2) is 0 Å². The lowest BCUT2D eigenvalue weighted by atomic mass is 10.4. The van der Waals surface area contributed by atoms with Crippen LogP contribution in [0.4, 0.5) is 0 Å². The molecule has 0 saturated heterocycles. The van der Waals surface area contributed by atoms with E-state index in [-0.39, 0.29) is 5.91 Å². The molecule has 0 aliphatic heterocycles. The fourth-order valence-corrected chi connectivity index (χ4v) is 0.716. The van der Waals surface area contributed by atoms with Crippen LogP contribution in [0.1, 0.15) is 18.4 Å². The van der Waals surface area contributed by atoms with E-state index >= 15 is 0 Å². The maximum atomic E-state index is 10.5. The Kier molecular flexibility index (Phi) is 2.25. The van der Waals surface area contributed by atoms with Crippen LogP contribution >= 0.6 is 0 Å². The number of aryl methyl sites for hydroxylation is 1. The van der Waals surface area contributed by atoms with Gasteiger partial charge in [-0.3, -0.25) is 4.79 Å². The topological polar surface area (TPSA) is 55.1 Å². The Morgan fingerprint density at radius 1 is 1.82 bits per heavy atom. The first-order valence-corrected chi connectivity index (χ1v) is 3.35. The zero-order valence-electron chi connectivity index (χ0n) is 6.55. The van der Waals surface area contributed by atoms with Gasteiger partial charge in [0, 0.05) is 13.0 Å². The Balaban J connectivity index is 2.45. The molecule has 1 heterocycles. The Morgan fingerprint density at radius 3 is 3.00 bits per heavy atom. The number of carbonyl (C=O) groups excluding carboxylic acids is 1. The van der Waals surface area contributed by atoms with Gasteiger partial charge in [0.15, 0.2) is 0 Å². The lowest BCUT2D eigenvalue weighted by Gasteiger charge is -1.94. The highest BCUT2D eigenvalue weighted by molar-refractivity contribution is 5.72. The molecule has 11 heavy (non-hydrogen) atoms. The highest BCUT2D eigenvalue weighted by Gasteiger charge is 1.99. The van der Waals surface area contributed by atoms with Gasteiger partial charge in [0.1, 0.15) is 11.5 Å². The molecule has 1 rings (SSSR count). The summed E-state index contributed by atoms with van der Waals surface area (Å²) in [7, 11) is 0. The van der Waals surface area contributed by atoms with Crippen LogP contribution in [0.15, 0.2) is 10.6 Å². The first-order chi connectivity index (χ1) is 5.18. The van der Waals surface area contributed by atoms with Gasteiger partial charge in [0.2, 0.25) is 5.91 Å². The summed E-state index contributed by atoms with van der Waals surface area (Å²) in [5, 5.41) is 6.31. The monoisotopic (exact) mass is 154 g/mol. The van der Waals surface area contributed by atoms with Crippen molar-refractivity contribution in [1.29, 1.82) is 0 Å². The average molecular weight is 154 g/mol. The molecule has 0 atom stereocenters. The van der Waals surface area contributed by atoms with Crippen LogP contribution in [0, 0.1) is 6.92 Å². The van der Waals surface area contributed by atoms with Gasteiger partial charge in [0.05, 0.1) is 6.54 Å². The molecule has 1 aromatic rings. The Morgan fingerprint density at radius 2 is 2.55 bits per heavy atom. The number of amides is 1. The van der Waals surface area contributed by atoms with Crippen LogP contribution in [0.2, 0.25) is 0 Å². The number of nitrogens with one attached hydrogen (secondary N) is 1. The third-order valence-corrected chi connectivity index (χ3v) is 1.20. The smallest absolute Gasteiger partial charge is 0.217 e. The molecule has 60 valence electrons. The van der Waals surface area contributed by atoms with Gasteiger partial charge in [-0.15, -0.1) is 0 Å². The molecule has 0 saturated carbocycles. The van der Waals surface area contributed by atoms with Crippen molar-refractivity contribution in [3.05, 3.63) is 17.5 Å². The summed E-state index contributed by atoms with van der Waals surface area (Å²) in [5.74, 6) is 0.691. The van der Waals surface area contributed by atoms with E-state index in [1.54, 1.807) is 6.07 Å². The second kappa shape index (κ2) is 3.18. The molecule has 4 heteroatoms. The average Bonchev–Trinajstić information content (AvgIpc) is 2.31. The molecule has 0 aliphatic carbocycles. The molecule has 1 N–H and O–H groups in total. The highest BCUT2D eigenvalue weighted by Crippen LogP contribution is 1.99. The van der Waals surface area contributed by atoms with Gasteiger partial charge in [-0.1, -0.05) is 5.16 Å². The van der Waals surface area contributed by atoms with Gasteiger partial charge >= 0.3 is 0 Å². The van der Waals surface area contributed by atoms with Gasteiger partial charge < -0.3 is 9.84 Å². The standard InChI is InChI=1S/C7H10N2O2/c1-5-3-7(9-11-5)4-8-6(2)10/h3H,4H2,1-2H3,(H,8,10). The summed E-state index contributed by atoms with van der Waals surface area (Å²) >= 11 is 0. The second-order valence-corrected chi connectivity index (χ2v) is 2.34. The van der Waals surface area contributed by atoms with E-state index in [9.17, 15) is 4.79 Å². The molecule has 0 aliphatic rings. The summed E-state index contributed by atoms with van der Waals surface area (Å²) in [5.41, 5.74) is 0.748. The molecular weight excluding hydrogens is 144 g/mol. The predicted octanol–water partition coefficient (Wildman–Crippen LogP) is 0.619. The van der Waals surface area contributed by atoms with Crippen LogP contribution in [0.5, 0.6) is 0 Å². The summed E-state index contributed by atoms with van der Waals surface area (Å²) in [6.07, 6.45) is 0. The molecule has 0 unspecified atom stereocenters. The fourth-order valence-electron chi connectivity index (χ4n) is 0.716. The van der Waals surface area contributed by atoms with Crippen molar-refractivity contribution < 1.29 is 9.32 Å². The molecule has 0 radical (unpaired) electrons. The number of rotatable bonds is 2. The van der Waals surface area contributed by atoms with Gasteiger partial charge in [0.25, 0.3) is 0 Å². The summed E-state index contributed by atoms with van der Waals surface area (Å²) < 4.78 is 4.80. The molecule has 0 aromatic carbocycles. The van der Waals surface area contributed by atoms with Crippen molar-refractivity contribution in [3.8, 4) is 0 Å². The summed E-state index contributed by atoms with van der Waals surface area (Å²) in [6.45, 7) is 3.71. The van der Waals surface area contributed by atoms with Gasteiger partial charge in [-0.2, -0.15) is 0 Å². The molecule has 0 spiro atoms. The number of aromatic nitrogens is 1. The fraction of sp³-hybridized carbons (Fsp3) is 0.429. The van der Waals surface area contributed by atoms with Crippen molar-refractivity contribution in [1.82, 2.24) is 10.5 Å². The zero-order chi connectivity index (χ0) is 8.27. The van der Waals surface area contributed by atoms with E-state index in [2.05, 4.69) is 10.5 Å². The maximum Gasteiger partial charge on any atom is 0.217 e. The molecule has 1 amide bonds. The SMILES string of the molecule is CC(=O)NCc1cc(C)on1. The van der Waals surface area contributed by atoms with Crippen LogP contribution in [0.25, 0.3) is 0 Å². The first-order valence-electron chi connectivity index (χ1n) is 3.35. The van der Waals surface area contributed by atoms with E-state index in [0.29, 0.717) is 6.54 Å². The van der Waals surface area contributed by atoms with Crippen molar-refractivity contribution in [2.75, 3.05) is 0 Å². The van der Waals surface area contributed by atoms with Crippen LogP contribution in [-0.2, 0) is 11.3 Å². The van der Waals surface area contributed by atoms with Crippen LogP contribution in [-0.4, -0.2) is 11.1 Å². The number of hydrogen-bond acceptors (Lipinski definition) is 3. The highest BCUT2D eigenvalue weighted by atomic mass is 16.5. The minimum atomic E-state index is -0.0642. The van der Waals surface area contributed by atoms with Crippen molar-refractivity contribution in [2.45, 2.75) is 20.4 Å². The zero-order valence-corrected chi connectivity index (χ0v) is 6.55. The molecular formula is C7H10N2O2. The van der Waals surface area contributed by atoms with Crippen molar-refractivity contribution >= 4 is 5.91 Å².